The number of carbonyl (C=O) groups is 1. The highest BCUT2D eigenvalue weighted by Crippen LogP contribution is 2.21. The Bertz CT molecular complexity index is 194. The van der Waals surface area contributed by atoms with Gasteiger partial charge in [0.25, 0.3) is 0 Å². The molecule has 1 aliphatic carbocycles. The van der Waals surface area contributed by atoms with Crippen LogP contribution >= 0.6 is 15.9 Å². The van der Waals surface area contributed by atoms with Crippen LogP contribution < -0.4 is 0 Å². The summed E-state index contributed by atoms with van der Waals surface area (Å²) in [6.45, 7) is 0. The van der Waals surface area contributed by atoms with E-state index >= 15 is 0 Å². The first kappa shape index (κ1) is 8.72. The van der Waals surface area contributed by atoms with E-state index < -0.39 is 0 Å². The number of rotatable bonds is 4. The van der Waals surface area contributed by atoms with E-state index in [1.165, 1.54) is 5.57 Å². The molecule has 0 aromatic carbocycles. The van der Waals surface area contributed by atoms with Gasteiger partial charge in [-0.1, -0.05) is 39.7 Å². The zero-order valence-electron chi connectivity index (χ0n) is 6.29. The van der Waals surface area contributed by atoms with Gasteiger partial charge < -0.3 is 4.79 Å². The van der Waals surface area contributed by atoms with Crippen molar-refractivity contribution in [1.82, 2.24) is 0 Å². The molecular weight excluding hydrogens is 204 g/mol. The number of allylic oxidation sites excluding steroid dienone is 4. The first-order chi connectivity index (χ1) is 5.38. The van der Waals surface area contributed by atoms with E-state index in [9.17, 15) is 4.79 Å². The standard InChI is InChI=1S/C9H11BrO/c10-6-2-5-8-3-1-4-9(8)7-11/h1,3-4,7,9H,2,5-6H2. The summed E-state index contributed by atoms with van der Waals surface area (Å²) < 4.78 is 0. The average molecular weight is 215 g/mol. The number of aldehydes is 1. The quantitative estimate of drug-likeness (QED) is 0.520. The summed E-state index contributed by atoms with van der Waals surface area (Å²) in [6, 6.07) is 0. The summed E-state index contributed by atoms with van der Waals surface area (Å²) in [5, 5.41) is 1.01. The van der Waals surface area contributed by atoms with Crippen molar-refractivity contribution >= 4 is 22.2 Å². The van der Waals surface area contributed by atoms with E-state index in [0.717, 1.165) is 24.5 Å². The van der Waals surface area contributed by atoms with Crippen LogP contribution in [0.1, 0.15) is 12.8 Å². The van der Waals surface area contributed by atoms with E-state index in [1.807, 2.05) is 18.2 Å². The van der Waals surface area contributed by atoms with E-state index in [-0.39, 0.29) is 5.92 Å². The maximum atomic E-state index is 10.5. The minimum atomic E-state index is 0.0639. The molecule has 0 amide bonds. The summed E-state index contributed by atoms with van der Waals surface area (Å²) in [7, 11) is 0. The molecule has 0 saturated heterocycles. The van der Waals surface area contributed by atoms with Crippen molar-refractivity contribution in [3.8, 4) is 0 Å². The van der Waals surface area contributed by atoms with Crippen LogP contribution in [0.3, 0.4) is 0 Å². The van der Waals surface area contributed by atoms with Gasteiger partial charge in [0.1, 0.15) is 6.29 Å². The molecule has 0 aromatic heterocycles. The Kier molecular flexibility index (Phi) is 3.57. The van der Waals surface area contributed by atoms with Crippen LogP contribution in [-0.2, 0) is 4.79 Å². The lowest BCUT2D eigenvalue weighted by Crippen LogP contribution is -1.99. The molecule has 2 heteroatoms. The van der Waals surface area contributed by atoms with Crippen molar-refractivity contribution in [2.24, 2.45) is 5.92 Å². The molecule has 0 bridgehead atoms. The van der Waals surface area contributed by atoms with Gasteiger partial charge in [0.2, 0.25) is 0 Å². The number of hydrogen-bond donors (Lipinski definition) is 0. The predicted octanol–water partition coefficient (Wildman–Crippen LogP) is 2.47. The molecule has 1 nitrogen and oxygen atoms in total. The monoisotopic (exact) mass is 214 g/mol. The summed E-state index contributed by atoms with van der Waals surface area (Å²) in [4.78, 5) is 10.5. The maximum Gasteiger partial charge on any atom is 0.130 e. The van der Waals surface area contributed by atoms with Crippen LogP contribution in [0, 0.1) is 5.92 Å². The Morgan fingerprint density at radius 3 is 3.09 bits per heavy atom. The van der Waals surface area contributed by atoms with Gasteiger partial charge in [-0.05, 0) is 12.8 Å². The molecule has 0 radical (unpaired) electrons. The number of hydrogen-bond acceptors (Lipinski definition) is 1. The lowest BCUT2D eigenvalue weighted by atomic mass is 10.0. The summed E-state index contributed by atoms with van der Waals surface area (Å²) >= 11 is 3.36. The van der Waals surface area contributed by atoms with Gasteiger partial charge in [-0.2, -0.15) is 0 Å². The van der Waals surface area contributed by atoms with Crippen LogP contribution in [0.5, 0.6) is 0 Å². The second-order valence-corrected chi connectivity index (χ2v) is 3.37. The molecule has 60 valence electrons. The van der Waals surface area contributed by atoms with Crippen molar-refractivity contribution in [2.45, 2.75) is 12.8 Å². The van der Waals surface area contributed by atoms with E-state index in [2.05, 4.69) is 15.9 Å². The van der Waals surface area contributed by atoms with Crippen molar-refractivity contribution in [1.29, 1.82) is 0 Å². The fourth-order valence-corrected chi connectivity index (χ4v) is 1.47. The maximum absolute atomic E-state index is 10.5. The summed E-state index contributed by atoms with van der Waals surface area (Å²) in [5.41, 5.74) is 1.25. The average Bonchev–Trinajstić information content (AvgIpc) is 2.47. The molecule has 1 aliphatic rings. The van der Waals surface area contributed by atoms with Crippen molar-refractivity contribution in [2.75, 3.05) is 5.33 Å². The van der Waals surface area contributed by atoms with E-state index in [1.54, 1.807) is 0 Å². The lowest BCUT2D eigenvalue weighted by molar-refractivity contribution is -0.109. The molecule has 0 heterocycles. The fourth-order valence-electron chi connectivity index (χ4n) is 1.19. The third-order valence-corrected chi connectivity index (χ3v) is 2.36. The molecule has 1 atom stereocenters. The molecule has 0 saturated carbocycles. The molecule has 11 heavy (non-hydrogen) atoms. The van der Waals surface area contributed by atoms with Gasteiger partial charge in [0.15, 0.2) is 0 Å². The molecule has 0 N–H and O–H groups in total. The molecule has 0 spiro atoms. The Balaban J connectivity index is 2.40. The minimum absolute atomic E-state index is 0.0639. The smallest absolute Gasteiger partial charge is 0.130 e. The topological polar surface area (TPSA) is 17.1 Å². The molecule has 0 aliphatic heterocycles. The van der Waals surface area contributed by atoms with Gasteiger partial charge in [0.05, 0.1) is 5.92 Å². The van der Waals surface area contributed by atoms with Crippen LogP contribution in [0.25, 0.3) is 0 Å². The Morgan fingerprint density at radius 1 is 1.64 bits per heavy atom. The van der Waals surface area contributed by atoms with Crippen LogP contribution in [-0.4, -0.2) is 11.6 Å². The van der Waals surface area contributed by atoms with Gasteiger partial charge in [-0.15, -0.1) is 0 Å². The van der Waals surface area contributed by atoms with Crippen LogP contribution in [0.15, 0.2) is 23.8 Å². The highest BCUT2D eigenvalue weighted by atomic mass is 79.9. The number of halogens is 1. The SMILES string of the molecule is O=CC1C=CC=C1CCCBr. The lowest BCUT2D eigenvalue weighted by Gasteiger charge is -2.04. The van der Waals surface area contributed by atoms with Gasteiger partial charge >= 0.3 is 0 Å². The van der Waals surface area contributed by atoms with Crippen molar-refractivity contribution in [3.63, 3.8) is 0 Å². The Morgan fingerprint density at radius 2 is 2.45 bits per heavy atom. The molecule has 0 fully saturated rings. The third-order valence-electron chi connectivity index (χ3n) is 1.80. The predicted molar refractivity (Wildman–Crippen MR) is 49.8 cm³/mol. The first-order valence-electron chi connectivity index (χ1n) is 3.77. The van der Waals surface area contributed by atoms with Crippen molar-refractivity contribution in [3.05, 3.63) is 23.8 Å². The highest BCUT2D eigenvalue weighted by Gasteiger charge is 2.11. The number of alkyl halides is 1. The van der Waals surface area contributed by atoms with Crippen LogP contribution in [0.4, 0.5) is 0 Å². The zero-order valence-corrected chi connectivity index (χ0v) is 7.88. The third kappa shape index (κ3) is 2.29. The second kappa shape index (κ2) is 4.50. The van der Waals surface area contributed by atoms with E-state index in [0.29, 0.717) is 0 Å². The van der Waals surface area contributed by atoms with Gasteiger partial charge in [-0.25, -0.2) is 0 Å². The fraction of sp³-hybridized carbons (Fsp3) is 0.444. The normalized spacial score (nSPS) is 21.9. The summed E-state index contributed by atoms with van der Waals surface area (Å²) in [6.07, 6.45) is 9.09. The number of carbonyl (C=O) groups excluding carboxylic acids is 1. The van der Waals surface area contributed by atoms with Crippen molar-refractivity contribution < 1.29 is 4.79 Å². The van der Waals surface area contributed by atoms with Gasteiger partial charge in [-0.3, -0.25) is 0 Å². The Hall–Kier alpha value is -0.370. The summed E-state index contributed by atoms with van der Waals surface area (Å²) in [5.74, 6) is 0.0639. The largest absolute Gasteiger partial charge is 0.302 e. The van der Waals surface area contributed by atoms with E-state index in [4.69, 9.17) is 0 Å². The highest BCUT2D eigenvalue weighted by molar-refractivity contribution is 9.09. The van der Waals surface area contributed by atoms with Crippen LogP contribution in [0.2, 0.25) is 0 Å². The first-order valence-corrected chi connectivity index (χ1v) is 4.89. The molecule has 0 aromatic rings. The molecular formula is C9H11BrO. The minimum Gasteiger partial charge on any atom is -0.302 e. The van der Waals surface area contributed by atoms with Gasteiger partial charge in [0, 0.05) is 5.33 Å². The second-order valence-electron chi connectivity index (χ2n) is 2.58. The Labute approximate surface area is 75.3 Å². The zero-order chi connectivity index (χ0) is 8.10. The molecule has 1 rings (SSSR count). The molecule has 1 unspecified atom stereocenters.